The number of aryl methyl sites for hydroxylation is 1. The number of hydrogen-bond acceptors (Lipinski definition) is 3. The van der Waals surface area contributed by atoms with Gasteiger partial charge < -0.3 is 10.6 Å². The highest BCUT2D eigenvalue weighted by Gasteiger charge is 2.16. The molecule has 28 heavy (non-hydrogen) atoms. The van der Waals surface area contributed by atoms with Crippen molar-refractivity contribution in [1.29, 1.82) is 0 Å². The van der Waals surface area contributed by atoms with Crippen LogP contribution in [-0.2, 0) is 4.79 Å². The minimum absolute atomic E-state index is 0.133. The van der Waals surface area contributed by atoms with Crippen LogP contribution in [0.5, 0.6) is 0 Å². The van der Waals surface area contributed by atoms with E-state index in [1.165, 1.54) is 0 Å². The molecular formula is C21H21ClN4O2. The number of nitrogens with one attached hydrogen (secondary N) is 2. The fourth-order valence-corrected chi connectivity index (χ4v) is 2.81. The molecule has 0 spiro atoms. The number of aromatic nitrogens is 2. The Bertz CT molecular complexity index is 1010. The molecule has 1 aromatic heterocycles. The molecule has 6 nitrogen and oxygen atoms in total. The van der Waals surface area contributed by atoms with Crippen LogP contribution in [0, 0.1) is 12.8 Å². The topological polar surface area (TPSA) is 76.0 Å². The highest BCUT2D eigenvalue weighted by molar-refractivity contribution is 6.34. The first kappa shape index (κ1) is 19.6. The molecule has 0 aliphatic carbocycles. The van der Waals surface area contributed by atoms with E-state index in [1.807, 2.05) is 37.3 Å². The van der Waals surface area contributed by atoms with Gasteiger partial charge in [0.2, 0.25) is 5.91 Å². The van der Waals surface area contributed by atoms with Crippen molar-refractivity contribution < 1.29 is 9.59 Å². The lowest BCUT2D eigenvalue weighted by atomic mass is 10.1. The summed E-state index contributed by atoms with van der Waals surface area (Å²) in [5.74, 6) is -0.160. The fourth-order valence-electron chi connectivity index (χ4n) is 2.60. The van der Waals surface area contributed by atoms with Crippen molar-refractivity contribution >= 4 is 34.9 Å². The summed E-state index contributed by atoms with van der Waals surface area (Å²) >= 11 is 6.22. The Hall–Kier alpha value is -3.12. The van der Waals surface area contributed by atoms with Crippen molar-refractivity contribution in [3.63, 3.8) is 0 Å². The summed E-state index contributed by atoms with van der Waals surface area (Å²) in [6.07, 6.45) is 0. The maximum atomic E-state index is 12.9. The van der Waals surface area contributed by atoms with Crippen molar-refractivity contribution in [1.82, 2.24) is 9.78 Å². The Morgan fingerprint density at radius 3 is 2.43 bits per heavy atom. The number of benzene rings is 2. The molecule has 0 bridgehead atoms. The van der Waals surface area contributed by atoms with Crippen LogP contribution in [0.2, 0.25) is 5.02 Å². The highest BCUT2D eigenvalue weighted by atomic mass is 35.5. The van der Waals surface area contributed by atoms with E-state index < -0.39 is 0 Å². The first-order valence-electron chi connectivity index (χ1n) is 8.89. The zero-order chi connectivity index (χ0) is 20.3. The largest absolute Gasteiger partial charge is 0.326 e. The van der Waals surface area contributed by atoms with Gasteiger partial charge in [0, 0.05) is 17.7 Å². The van der Waals surface area contributed by atoms with Crippen molar-refractivity contribution in [2.75, 3.05) is 10.6 Å². The van der Waals surface area contributed by atoms with Gasteiger partial charge in [0.15, 0.2) is 0 Å². The van der Waals surface area contributed by atoms with E-state index in [4.69, 9.17) is 11.6 Å². The van der Waals surface area contributed by atoms with Gasteiger partial charge in [-0.3, -0.25) is 9.59 Å². The summed E-state index contributed by atoms with van der Waals surface area (Å²) in [6, 6.07) is 16.1. The Morgan fingerprint density at radius 1 is 1.04 bits per heavy atom. The van der Waals surface area contributed by atoms with Gasteiger partial charge in [-0.15, -0.1) is 0 Å². The van der Waals surface area contributed by atoms with E-state index in [0.29, 0.717) is 16.5 Å². The van der Waals surface area contributed by atoms with Gasteiger partial charge >= 0.3 is 0 Å². The van der Waals surface area contributed by atoms with E-state index in [1.54, 1.807) is 42.8 Å². The number of para-hydroxylation sites is 1. The van der Waals surface area contributed by atoms with Gasteiger partial charge in [0.1, 0.15) is 5.82 Å². The normalized spacial score (nSPS) is 10.8. The number of carbonyl (C=O) groups is 2. The number of rotatable bonds is 5. The number of halogens is 1. The van der Waals surface area contributed by atoms with Gasteiger partial charge in [-0.1, -0.05) is 43.6 Å². The number of anilines is 2. The van der Waals surface area contributed by atoms with Crippen LogP contribution in [0.15, 0.2) is 54.6 Å². The van der Waals surface area contributed by atoms with Crippen molar-refractivity contribution in [2.24, 2.45) is 5.92 Å². The second kappa shape index (κ2) is 8.27. The second-order valence-corrected chi connectivity index (χ2v) is 7.12. The minimum Gasteiger partial charge on any atom is -0.326 e. The number of carbonyl (C=O) groups excluding carboxylic acids is 2. The summed E-state index contributed by atoms with van der Waals surface area (Å²) in [5.41, 5.74) is 2.38. The molecule has 0 fully saturated rings. The minimum atomic E-state index is -0.386. The summed E-state index contributed by atoms with van der Waals surface area (Å²) in [6.45, 7) is 5.45. The van der Waals surface area contributed by atoms with E-state index in [9.17, 15) is 9.59 Å². The Morgan fingerprint density at radius 2 is 1.75 bits per heavy atom. The SMILES string of the molecule is Cc1cc(NC(=O)c2cc(NC(=O)C(C)C)ccc2Cl)n(-c2ccccc2)n1. The van der Waals surface area contributed by atoms with E-state index in [0.717, 1.165) is 11.4 Å². The molecule has 0 unspecified atom stereocenters. The average Bonchev–Trinajstić information content (AvgIpc) is 3.03. The van der Waals surface area contributed by atoms with Gasteiger partial charge in [-0.25, -0.2) is 4.68 Å². The highest BCUT2D eigenvalue weighted by Crippen LogP contribution is 2.24. The van der Waals surface area contributed by atoms with Crippen LogP contribution >= 0.6 is 11.6 Å². The Labute approximate surface area is 168 Å². The van der Waals surface area contributed by atoms with Crippen LogP contribution in [0.1, 0.15) is 29.9 Å². The summed E-state index contributed by atoms with van der Waals surface area (Å²) in [5, 5.41) is 10.4. The molecule has 3 rings (SSSR count). The van der Waals surface area contributed by atoms with Gasteiger partial charge in [-0.2, -0.15) is 5.10 Å². The lowest BCUT2D eigenvalue weighted by Gasteiger charge is -2.12. The smallest absolute Gasteiger partial charge is 0.258 e. The predicted octanol–water partition coefficient (Wildman–Crippen LogP) is 4.68. The molecule has 0 saturated heterocycles. The molecule has 0 aliphatic rings. The van der Waals surface area contributed by atoms with Crippen molar-refractivity contribution in [3.8, 4) is 5.69 Å². The van der Waals surface area contributed by atoms with Gasteiger partial charge in [-0.05, 0) is 37.3 Å². The van der Waals surface area contributed by atoms with E-state index >= 15 is 0 Å². The quantitative estimate of drug-likeness (QED) is 0.657. The number of hydrogen-bond donors (Lipinski definition) is 2. The van der Waals surface area contributed by atoms with Crippen molar-refractivity contribution in [3.05, 3.63) is 70.9 Å². The molecule has 144 valence electrons. The molecule has 0 radical (unpaired) electrons. The molecule has 0 aliphatic heterocycles. The van der Waals surface area contributed by atoms with E-state index in [2.05, 4.69) is 15.7 Å². The summed E-state index contributed by atoms with van der Waals surface area (Å²) in [4.78, 5) is 24.8. The Kier molecular flexibility index (Phi) is 5.80. The molecule has 2 amide bonds. The van der Waals surface area contributed by atoms with Crippen LogP contribution < -0.4 is 10.6 Å². The number of amides is 2. The standard InChI is InChI=1S/C21H21ClN4O2/c1-13(2)20(27)23-15-9-10-18(22)17(12-15)21(28)24-19-11-14(3)25-26(19)16-7-5-4-6-8-16/h4-13H,1-3H3,(H,23,27)(H,24,28). The van der Waals surface area contributed by atoms with Crippen molar-refractivity contribution in [2.45, 2.75) is 20.8 Å². The maximum absolute atomic E-state index is 12.9. The van der Waals surface area contributed by atoms with Gasteiger partial charge in [0.25, 0.3) is 5.91 Å². The first-order valence-corrected chi connectivity index (χ1v) is 9.27. The zero-order valence-electron chi connectivity index (χ0n) is 15.9. The monoisotopic (exact) mass is 396 g/mol. The van der Waals surface area contributed by atoms with Crippen LogP contribution in [0.25, 0.3) is 5.69 Å². The zero-order valence-corrected chi connectivity index (χ0v) is 16.6. The van der Waals surface area contributed by atoms with Gasteiger partial charge in [0.05, 0.1) is 22.0 Å². The lowest BCUT2D eigenvalue weighted by Crippen LogP contribution is -2.19. The third kappa shape index (κ3) is 4.40. The van der Waals surface area contributed by atoms with Crippen LogP contribution in [0.4, 0.5) is 11.5 Å². The fraction of sp³-hybridized carbons (Fsp3) is 0.190. The molecule has 1 heterocycles. The molecular weight excluding hydrogens is 376 g/mol. The molecule has 7 heteroatoms. The Balaban J connectivity index is 1.87. The number of nitrogens with zero attached hydrogens (tertiary/aromatic N) is 2. The van der Waals surface area contributed by atoms with Crippen LogP contribution in [-0.4, -0.2) is 21.6 Å². The summed E-state index contributed by atoms with van der Waals surface area (Å²) < 4.78 is 1.66. The third-order valence-electron chi connectivity index (χ3n) is 4.08. The second-order valence-electron chi connectivity index (χ2n) is 6.71. The predicted molar refractivity (Wildman–Crippen MR) is 111 cm³/mol. The molecule has 0 saturated carbocycles. The molecule has 0 atom stereocenters. The average molecular weight is 397 g/mol. The van der Waals surface area contributed by atoms with E-state index in [-0.39, 0.29) is 23.3 Å². The van der Waals surface area contributed by atoms with Crippen LogP contribution in [0.3, 0.4) is 0 Å². The maximum Gasteiger partial charge on any atom is 0.258 e. The molecule has 2 N–H and O–H groups in total. The third-order valence-corrected chi connectivity index (χ3v) is 4.41. The summed E-state index contributed by atoms with van der Waals surface area (Å²) in [7, 11) is 0. The first-order chi connectivity index (χ1) is 13.3. The lowest BCUT2D eigenvalue weighted by molar-refractivity contribution is -0.118. The molecule has 3 aromatic rings. The molecule has 2 aromatic carbocycles.